The zero-order valence-electron chi connectivity index (χ0n) is 9.59. The van der Waals surface area contributed by atoms with Crippen LogP contribution in [0.25, 0.3) is 0 Å². The maximum absolute atomic E-state index is 10.8. The number of anilines is 1. The second kappa shape index (κ2) is 5.31. The van der Waals surface area contributed by atoms with Crippen molar-refractivity contribution in [3.8, 4) is 0 Å². The third-order valence-corrected chi connectivity index (χ3v) is 4.04. The van der Waals surface area contributed by atoms with Crippen LogP contribution in [0, 0.1) is 5.92 Å². The summed E-state index contributed by atoms with van der Waals surface area (Å²) in [6.45, 7) is 1.87. The molecule has 0 unspecified atom stereocenters. The minimum Gasteiger partial charge on any atom is -0.371 e. The zero-order chi connectivity index (χ0) is 12.3. The molecule has 1 aliphatic heterocycles. The first kappa shape index (κ1) is 12.1. The molecule has 92 valence electrons. The number of thiophene rings is 1. The van der Waals surface area contributed by atoms with Crippen molar-refractivity contribution in [3.63, 3.8) is 0 Å². The Balaban J connectivity index is 1.90. The Hall–Kier alpha value is -1.36. The fourth-order valence-electron chi connectivity index (χ4n) is 2.25. The minimum atomic E-state index is -0.206. The third kappa shape index (κ3) is 3.06. The number of nitrogens with two attached hydrogens (primary N) is 1. The van der Waals surface area contributed by atoms with Crippen LogP contribution in [0.15, 0.2) is 11.4 Å². The number of hydrogen-bond donors (Lipinski definition) is 1. The normalized spacial score (nSPS) is 17.1. The average molecular weight is 252 g/mol. The number of rotatable bonds is 4. The van der Waals surface area contributed by atoms with Crippen molar-refractivity contribution in [1.29, 1.82) is 0 Å². The lowest BCUT2D eigenvalue weighted by Crippen LogP contribution is -2.34. The van der Waals surface area contributed by atoms with Crippen LogP contribution < -0.4 is 10.6 Å². The number of aldehydes is 1. The van der Waals surface area contributed by atoms with E-state index in [0.717, 1.165) is 42.8 Å². The standard InChI is InChI=1S/C12H16N2O2S/c13-12(16)5-9-1-3-14(4-2-9)10-6-11(7-15)17-8-10/h6-9H,1-5H2,(H2,13,16). The molecule has 0 bridgehead atoms. The molecule has 0 aliphatic carbocycles. The Kier molecular flexibility index (Phi) is 3.78. The molecule has 1 amide bonds. The van der Waals surface area contributed by atoms with Crippen LogP contribution in [0.1, 0.15) is 28.9 Å². The molecular weight excluding hydrogens is 236 g/mol. The van der Waals surface area contributed by atoms with Gasteiger partial charge in [0.05, 0.1) is 4.88 Å². The summed E-state index contributed by atoms with van der Waals surface area (Å²) in [6, 6.07) is 1.92. The van der Waals surface area contributed by atoms with Gasteiger partial charge in [-0.1, -0.05) is 0 Å². The van der Waals surface area contributed by atoms with Gasteiger partial charge in [-0.05, 0) is 24.8 Å². The van der Waals surface area contributed by atoms with Gasteiger partial charge in [-0.3, -0.25) is 9.59 Å². The monoisotopic (exact) mass is 252 g/mol. The van der Waals surface area contributed by atoms with Gasteiger partial charge in [0.1, 0.15) is 0 Å². The number of carbonyl (C=O) groups is 2. The minimum absolute atomic E-state index is 0.206. The highest BCUT2D eigenvalue weighted by atomic mass is 32.1. The highest BCUT2D eigenvalue weighted by molar-refractivity contribution is 7.12. The molecule has 0 radical (unpaired) electrons. The van der Waals surface area contributed by atoms with Gasteiger partial charge in [-0.15, -0.1) is 11.3 Å². The van der Waals surface area contributed by atoms with Crippen LogP contribution in [-0.2, 0) is 4.79 Å². The Bertz CT molecular complexity index is 408. The average Bonchev–Trinajstić information content (AvgIpc) is 2.78. The second-order valence-electron chi connectivity index (χ2n) is 4.43. The van der Waals surface area contributed by atoms with E-state index in [2.05, 4.69) is 4.90 Å². The molecule has 1 aromatic heterocycles. The Morgan fingerprint density at radius 2 is 2.24 bits per heavy atom. The van der Waals surface area contributed by atoms with Gasteiger partial charge >= 0.3 is 0 Å². The topological polar surface area (TPSA) is 63.4 Å². The summed E-state index contributed by atoms with van der Waals surface area (Å²) in [7, 11) is 0. The zero-order valence-corrected chi connectivity index (χ0v) is 10.4. The van der Waals surface area contributed by atoms with Crippen LogP contribution in [0.2, 0.25) is 0 Å². The largest absolute Gasteiger partial charge is 0.371 e. The molecule has 1 fully saturated rings. The van der Waals surface area contributed by atoms with Crippen LogP contribution in [-0.4, -0.2) is 25.3 Å². The lowest BCUT2D eigenvalue weighted by molar-refractivity contribution is -0.119. The van der Waals surface area contributed by atoms with Gasteiger partial charge in [0.15, 0.2) is 6.29 Å². The van der Waals surface area contributed by atoms with E-state index >= 15 is 0 Å². The van der Waals surface area contributed by atoms with Crippen molar-refractivity contribution in [3.05, 3.63) is 16.3 Å². The van der Waals surface area contributed by atoms with Crippen molar-refractivity contribution in [1.82, 2.24) is 0 Å². The summed E-state index contributed by atoms with van der Waals surface area (Å²) in [6.07, 6.45) is 3.37. The molecule has 1 aromatic rings. The van der Waals surface area contributed by atoms with Gasteiger partial charge < -0.3 is 10.6 Å². The first-order chi connectivity index (χ1) is 8.19. The summed E-state index contributed by atoms with van der Waals surface area (Å²) in [5, 5.41) is 2.01. The number of hydrogen-bond acceptors (Lipinski definition) is 4. The van der Waals surface area contributed by atoms with Gasteiger partial charge in [0, 0.05) is 30.6 Å². The maximum Gasteiger partial charge on any atom is 0.217 e. The third-order valence-electron chi connectivity index (χ3n) is 3.19. The van der Waals surface area contributed by atoms with Crippen molar-refractivity contribution in [2.24, 2.45) is 11.7 Å². The Labute approximate surface area is 104 Å². The summed E-state index contributed by atoms with van der Waals surface area (Å²) in [5.41, 5.74) is 6.32. The Morgan fingerprint density at radius 3 is 2.76 bits per heavy atom. The van der Waals surface area contributed by atoms with E-state index in [0.29, 0.717) is 12.3 Å². The van der Waals surface area contributed by atoms with Crippen molar-refractivity contribution in [2.45, 2.75) is 19.3 Å². The van der Waals surface area contributed by atoms with E-state index in [1.54, 1.807) is 0 Å². The first-order valence-electron chi connectivity index (χ1n) is 5.76. The van der Waals surface area contributed by atoms with Crippen LogP contribution in [0.3, 0.4) is 0 Å². The van der Waals surface area contributed by atoms with E-state index in [1.807, 2.05) is 11.4 Å². The van der Waals surface area contributed by atoms with Gasteiger partial charge in [0.25, 0.3) is 0 Å². The van der Waals surface area contributed by atoms with E-state index < -0.39 is 0 Å². The van der Waals surface area contributed by atoms with E-state index in [9.17, 15) is 9.59 Å². The highest BCUT2D eigenvalue weighted by Gasteiger charge is 2.21. The summed E-state index contributed by atoms with van der Waals surface area (Å²) in [4.78, 5) is 24.5. The molecule has 2 heterocycles. The summed E-state index contributed by atoms with van der Waals surface area (Å²) >= 11 is 1.47. The SMILES string of the molecule is NC(=O)CC1CCN(c2csc(C=O)c2)CC1. The highest BCUT2D eigenvalue weighted by Crippen LogP contribution is 2.28. The maximum atomic E-state index is 10.8. The fraction of sp³-hybridized carbons (Fsp3) is 0.500. The first-order valence-corrected chi connectivity index (χ1v) is 6.64. The van der Waals surface area contributed by atoms with E-state index in [-0.39, 0.29) is 5.91 Å². The molecule has 1 aliphatic rings. The van der Waals surface area contributed by atoms with Crippen molar-refractivity contribution < 1.29 is 9.59 Å². The van der Waals surface area contributed by atoms with Gasteiger partial charge in [0.2, 0.25) is 5.91 Å². The van der Waals surface area contributed by atoms with Crippen molar-refractivity contribution in [2.75, 3.05) is 18.0 Å². The van der Waals surface area contributed by atoms with E-state index in [4.69, 9.17) is 5.73 Å². The van der Waals surface area contributed by atoms with E-state index in [1.165, 1.54) is 11.3 Å². The number of nitrogens with zero attached hydrogens (tertiary/aromatic N) is 1. The molecule has 2 N–H and O–H groups in total. The van der Waals surface area contributed by atoms with Crippen LogP contribution >= 0.6 is 11.3 Å². The molecule has 5 heteroatoms. The molecule has 1 saturated heterocycles. The number of amides is 1. The molecule has 2 rings (SSSR count). The molecular formula is C12H16N2O2S. The van der Waals surface area contributed by atoms with Crippen molar-refractivity contribution >= 4 is 29.2 Å². The number of carbonyl (C=O) groups excluding carboxylic acids is 2. The quantitative estimate of drug-likeness (QED) is 0.829. The van der Waals surface area contributed by atoms with Crippen LogP contribution in [0.5, 0.6) is 0 Å². The molecule has 0 saturated carbocycles. The smallest absolute Gasteiger partial charge is 0.217 e. The summed E-state index contributed by atoms with van der Waals surface area (Å²) < 4.78 is 0. The van der Waals surface area contributed by atoms with Gasteiger partial charge in [-0.2, -0.15) is 0 Å². The molecule has 0 aromatic carbocycles. The van der Waals surface area contributed by atoms with Crippen LogP contribution in [0.4, 0.5) is 5.69 Å². The molecule has 0 spiro atoms. The summed E-state index contributed by atoms with van der Waals surface area (Å²) in [5.74, 6) is 0.218. The predicted molar refractivity (Wildman–Crippen MR) is 68.5 cm³/mol. The molecule has 0 atom stereocenters. The predicted octanol–water partition coefficient (Wildman–Crippen LogP) is 1.65. The fourth-order valence-corrected chi connectivity index (χ4v) is 2.97. The molecule has 4 nitrogen and oxygen atoms in total. The lowest BCUT2D eigenvalue weighted by atomic mass is 9.93. The number of primary amides is 1. The second-order valence-corrected chi connectivity index (χ2v) is 5.37. The molecule has 17 heavy (non-hydrogen) atoms. The van der Waals surface area contributed by atoms with Gasteiger partial charge in [-0.25, -0.2) is 0 Å². The lowest BCUT2D eigenvalue weighted by Gasteiger charge is -2.32. The Morgan fingerprint density at radius 1 is 1.53 bits per heavy atom. The number of piperidine rings is 1.